The Hall–Kier alpha value is -8.92. The van der Waals surface area contributed by atoms with Gasteiger partial charge in [0.25, 0.3) is 6.71 Å². The summed E-state index contributed by atoms with van der Waals surface area (Å²) in [6, 6.07) is 94.8. The summed E-state index contributed by atoms with van der Waals surface area (Å²) >= 11 is 0. The smallest absolute Gasteiger partial charge is 0.252 e. The highest BCUT2D eigenvalue weighted by molar-refractivity contribution is 7.00. The molecule has 414 valence electrons. The van der Waals surface area contributed by atoms with E-state index in [9.17, 15) is 0 Å². The normalized spacial score (nSPS) is 16.4. The Kier molecular flexibility index (Phi) is 12.3. The summed E-state index contributed by atoms with van der Waals surface area (Å²) in [7, 11) is 0. The molecule has 0 aromatic heterocycles. The number of hydrogen-bond acceptors (Lipinski definition) is 2. The van der Waals surface area contributed by atoms with E-state index in [1.165, 1.54) is 152 Å². The fourth-order valence-electron chi connectivity index (χ4n) is 15.3. The molecule has 0 radical (unpaired) electrons. The van der Waals surface area contributed by atoms with Crippen LogP contribution in [0.4, 0.5) is 34.1 Å². The van der Waals surface area contributed by atoms with Gasteiger partial charge in [-0.2, -0.15) is 0 Å². The van der Waals surface area contributed by atoms with Gasteiger partial charge in [-0.3, -0.25) is 0 Å². The van der Waals surface area contributed by atoms with Gasteiger partial charge in [-0.05, 0) is 178 Å². The molecule has 2 aliphatic heterocycles. The molecule has 15 rings (SSSR count). The summed E-state index contributed by atoms with van der Waals surface area (Å²) in [6.45, 7) is 19.4. The molecular weight excluding hydrogens is 1020 g/mol. The number of fused-ring (bicyclic) bond motifs is 6. The van der Waals surface area contributed by atoms with E-state index in [1.807, 2.05) is 0 Å². The number of rotatable bonds is 8. The van der Waals surface area contributed by atoms with Gasteiger partial charge in [0.2, 0.25) is 0 Å². The molecule has 0 saturated carbocycles. The Labute approximate surface area is 504 Å². The minimum atomic E-state index is -0.130. The van der Waals surface area contributed by atoms with Crippen LogP contribution in [0, 0.1) is 0 Å². The fourth-order valence-corrected chi connectivity index (χ4v) is 15.3. The average molecular weight is 1100 g/mol. The molecule has 2 nitrogen and oxygen atoms in total. The number of para-hydroxylation sites is 2. The first-order chi connectivity index (χ1) is 41.1. The Bertz CT molecular complexity index is 4170. The Morgan fingerprint density at radius 3 is 0.953 bits per heavy atom. The first-order valence-corrected chi connectivity index (χ1v) is 30.9. The lowest BCUT2D eigenvalue weighted by atomic mass is 9.33. The van der Waals surface area contributed by atoms with E-state index in [0.29, 0.717) is 0 Å². The molecule has 2 aliphatic carbocycles. The maximum atomic E-state index is 2.62. The van der Waals surface area contributed by atoms with Gasteiger partial charge in [0, 0.05) is 33.9 Å². The number of anilines is 6. The topological polar surface area (TPSA) is 6.48 Å². The third-order valence-corrected chi connectivity index (χ3v) is 20.3. The van der Waals surface area contributed by atoms with E-state index < -0.39 is 0 Å². The van der Waals surface area contributed by atoms with Gasteiger partial charge in [-0.15, -0.1) is 0 Å². The maximum absolute atomic E-state index is 2.62. The minimum Gasteiger partial charge on any atom is -0.311 e. The van der Waals surface area contributed by atoms with Crippen molar-refractivity contribution < 1.29 is 0 Å². The average Bonchev–Trinajstić information content (AvgIpc) is 0.830. The molecule has 3 heteroatoms. The van der Waals surface area contributed by atoms with Crippen LogP contribution in [0.5, 0.6) is 0 Å². The lowest BCUT2D eigenvalue weighted by Gasteiger charge is -2.45. The van der Waals surface area contributed by atoms with Crippen LogP contribution in [-0.4, -0.2) is 6.71 Å². The van der Waals surface area contributed by atoms with Crippen molar-refractivity contribution in [2.24, 2.45) is 0 Å². The molecule has 0 fully saturated rings. The second-order valence-corrected chi connectivity index (χ2v) is 27.3. The second kappa shape index (κ2) is 19.9. The SMILES string of the molecule is CC1(C)CCC(C)(C)c2cc(-c3ccccc3N3c4ccc(-c5ccccc5-c5ccccc5)cc4B4c5cc(-c6ccccc6-c6ccccc6)ccc5N(c5ccccc5-c5ccc6c(c5)C(C)(C)CCC6(C)C)c5cccc3c54)ccc21. The largest absolute Gasteiger partial charge is 0.311 e. The first kappa shape index (κ1) is 52.9. The summed E-state index contributed by atoms with van der Waals surface area (Å²) < 4.78 is 0. The van der Waals surface area contributed by atoms with E-state index in [1.54, 1.807) is 0 Å². The zero-order valence-corrected chi connectivity index (χ0v) is 50.5. The number of benzene rings is 11. The molecule has 2 heterocycles. The van der Waals surface area contributed by atoms with Crippen molar-refractivity contribution >= 4 is 57.2 Å². The zero-order valence-electron chi connectivity index (χ0n) is 50.5. The number of nitrogens with zero attached hydrogens (tertiary/aromatic N) is 2. The van der Waals surface area contributed by atoms with Crippen molar-refractivity contribution in [2.45, 2.75) is 103 Å². The van der Waals surface area contributed by atoms with Crippen molar-refractivity contribution in [2.75, 3.05) is 9.80 Å². The molecule has 0 spiro atoms. The van der Waals surface area contributed by atoms with E-state index in [0.717, 1.165) is 12.8 Å². The van der Waals surface area contributed by atoms with Gasteiger partial charge in [-0.25, -0.2) is 0 Å². The zero-order chi connectivity index (χ0) is 58.0. The van der Waals surface area contributed by atoms with Gasteiger partial charge in [0.1, 0.15) is 0 Å². The van der Waals surface area contributed by atoms with Crippen LogP contribution in [0.15, 0.2) is 249 Å². The standard InChI is InChI=1S/C82H73BN2/c1-79(2)46-48-81(5,6)68-50-56(38-42-66(68)79)64-32-19-21-34-72(64)84-74-44-40-58(62-30-17-15-28-60(62)54-24-11-9-12-25-54)52-70(74)83-71-53-59(63-31-18-16-29-61(63)55-26-13-10-14-27-55)41-45-75(71)85(77-37-23-36-76(84)78(77)83)73-35-22-20-33-65(73)57-39-43-67-69(51-57)82(7,8)49-47-80(67,3)4/h9-45,50-53H,46-49H2,1-8H3. The quantitative estimate of drug-likeness (QED) is 0.140. The van der Waals surface area contributed by atoms with Gasteiger partial charge in [0.05, 0.1) is 11.4 Å². The highest BCUT2D eigenvalue weighted by Gasteiger charge is 2.45. The molecule has 0 bridgehead atoms. The Morgan fingerprint density at radius 1 is 0.247 bits per heavy atom. The molecule has 0 N–H and O–H groups in total. The van der Waals surface area contributed by atoms with Crippen LogP contribution in [0.25, 0.3) is 66.8 Å². The predicted octanol–water partition coefficient (Wildman–Crippen LogP) is 20.5. The summed E-state index contributed by atoms with van der Waals surface area (Å²) in [4.78, 5) is 5.25. The first-order valence-electron chi connectivity index (χ1n) is 30.9. The molecule has 0 saturated heterocycles. The summed E-state index contributed by atoms with van der Waals surface area (Å²) in [6.07, 6.45) is 4.69. The van der Waals surface area contributed by atoms with E-state index in [4.69, 9.17) is 0 Å². The van der Waals surface area contributed by atoms with Gasteiger partial charge < -0.3 is 9.80 Å². The van der Waals surface area contributed by atoms with Gasteiger partial charge >= 0.3 is 0 Å². The number of hydrogen-bond donors (Lipinski definition) is 0. The summed E-state index contributed by atoms with van der Waals surface area (Å²) in [5.74, 6) is 0. The third-order valence-electron chi connectivity index (χ3n) is 20.3. The van der Waals surface area contributed by atoms with Crippen LogP contribution >= 0.6 is 0 Å². The molecule has 11 aromatic carbocycles. The molecule has 0 unspecified atom stereocenters. The van der Waals surface area contributed by atoms with Gasteiger partial charge in [0.15, 0.2) is 0 Å². The van der Waals surface area contributed by atoms with E-state index in [2.05, 4.69) is 314 Å². The second-order valence-electron chi connectivity index (χ2n) is 27.3. The van der Waals surface area contributed by atoms with Crippen molar-refractivity contribution in [3.05, 3.63) is 271 Å². The molecule has 0 atom stereocenters. The van der Waals surface area contributed by atoms with Crippen LogP contribution in [0.3, 0.4) is 0 Å². The Morgan fingerprint density at radius 2 is 0.553 bits per heavy atom. The fraction of sp³-hybridized carbons (Fsp3) is 0.195. The highest BCUT2D eigenvalue weighted by atomic mass is 15.2. The van der Waals surface area contributed by atoms with E-state index >= 15 is 0 Å². The van der Waals surface area contributed by atoms with Crippen molar-refractivity contribution in [3.63, 3.8) is 0 Å². The summed E-state index contributed by atoms with van der Waals surface area (Å²) in [5.41, 5.74) is 31.9. The van der Waals surface area contributed by atoms with Crippen molar-refractivity contribution in [3.8, 4) is 66.8 Å². The Balaban J connectivity index is 1.01. The lowest BCUT2D eigenvalue weighted by Crippen LogP contribution is -2.61. The van der Waals surface area contributed by atoms with E-state index in [-0.39, 0.29) is 28.4 Å². The third kappa shape index (κ3) is 8.67. The van der Waals surface area contributed by atoms with Gasteiger partial charge in [-0.1, -0.05) is 268 Å². The molecule has 4 aliphatic rings. The molecular formula is C82H73BN2. The van der Waals surface area contributed by atoms with Crippen LogP contribution in [0.2, 0.25) is 0 Å². The minimum absolute atomic E-state index is 0.0607. The van der Waals surface area contributed by atoms with Crippen LogP contribution in [0.1, 0.15) is 103 Å². The van der Waals surface area contributed by atoms with Crippen LogP contribution in [-0.2, 0) is 21.7 Å². The molecule has 11 aromatic rings. The maximum Gasteiger partial charge on any atom is 0.252 e. The summed E-state index contributed by atoms with van der Waals surface area (Å²) in [5, 5.41) is 0. The predicted molar refractivity (Wildman–Crippen MR) is 364 cm³/mol. The highest BCUT2D eigenvalue weighted by Crippen LogP contribution is 2.53. The van der Waals surface area contributed by atoms with Crippen LogP contribution < -0.4 is 26.2 Å². The lowest BCUT2D eigenvalue weighted by molar-refractivity contribution is 0.332. The monoisotopic (exact) mass is 1100 g/mol. The molecule has 0 amide bonds. The molecule has 85 heavy (non-hydrogen) atoms. The van der Waals surface area contributed by atoms with Crippen molar-refractivity contribution in [1.29, 1.82) is 0 Å². The van der Waals surface area contributed by atoms with Crippen molar-refractivity contribution in [1.82, 2.24) is 0 Å².